The molecule has 7 heteroatoms. The van der Waals surface area contributed by atoms with Crippen LogP contribution < -0.4 is 10.9 Å². The second-order valence-corrected chi connectivity index (χ2v) is 6.91. The first-order chi connectivity index (χ1) is 13.0. The van der Waals surface area contributed by atoms with E-state index in [1.54, 1.807) is 36.5 Å². The monoisotopic (exact) mass is 401 g/mol. The fraction of sp³-hybridized carbons (Fsp3) is 0.100. The van der Waals surface area contributed by atoms with Gasteiger partial charge in [0.25, 0.3) is 5.56 Å². The molecule has 2 heterocycles. The van der Waals surface area contributed by atoms with Crippen molar-refractivity contribution in [3.8, 4) is 0 Å². The Morgan fingerprint density at radius 3 is 2.63 bits per heavy atom. The van der Waals surface area contributed by atoms with Gasteiger partial charge in [0.2, 0.25) is 0 Å². The SMILES string of the molecule is O=c1[nH]ccc2c(NCCc3c(Cl)cccc3Cl)nc3ccc(F)cc3c12. The molecule has 0 atom stereocenters. The van der Waals surface area contributed by atoms with Gasteiger partial charge in [0.05, 0.1) is 10.9 Å². The quantitative estimate of drug-likeness (QED) is 0.463. The maximum atomic E-state index is 13.7. The highest BCUT2D eigenvalue weighted by atomic mass is 35.5. The Balaban J connectivity index is 1.74. The van der Waals surface area contributed by atoms with Crippen LogP contribution in [0.1, 0.15) is 5.56 Å². The Bertz CT molecular complexity index is 1200. The molecule has 4 aromatic rings. The number of aromatic nitrogens is 2. The minimum absolute atomic E-state index is 0.289. The lowest BCUT2D eigenvalue weighted by molar-refractivity contribution is 0.629. The number of hydrogen-bond acceptors (Lipinski definition) is 3. The zero-order valence-electron chi connectivity index (χ0n) is 14.0. The third-order valence-electron chi connectivity index (χ3n) is 4.41. The molecule has 0 aliphatic heterocycles. The first-order valence-electron chi connectivity index (χ1n) is 8.32. The topological polar surface area (TPSA) is 57.8 Å². The van der Waals surface area contributed by atoms with Crippen LogP contribution in [0.15, 0.2) is 53.5 Å². The average Bonchev–Trinajstić information content (AvgIpc) is 2.64. The number of pyridine rings is 2. The molecule has 2 aromatic carbocycles. The third kappa shape index (κ3) is 3.36. The molecule has 0 unspecified atom stereocenters. The lowest BCUT2D eigenvalue weighted by Gasteiger charge is -2.12. The second-order valence-electron chi connectivity index (χ2n) is 6.09. The van der Waals surface area contributed by atoms with Gasteiger partial charge in [-0.05, 0) is 48.4 Å². The maximum absolute atomic E-state index is 13.7. The van der Waals surface area contributed by atoms with Gasteiger partial charge in [0.1, 0.15) is 11.6 Å². The zero-order chi connectivity index (χ0) is 19.0. The summed E-state index contributed by atoms with van der Waals surface area (Å²) < 4.78 is 13.7. The Hall–Kier alpha value is -2.63. The van der Waals surface area contributed by atoms with Gasteiger partial charge in [0, 0.05) is 33.6 Å². The Kier molecular flexibility index (Phi) is 4.72. The first-order valence-corrected chi connectivity index (χ1v) is 9.07. The summed E-state index contributed by atoms with van der Waals surface area (Å²) >= 11 is 12.4. The van der Waals surface area contributed by atoms with E-state index >= 15 is 0 Å². The van der Waals surface area contributed by atoms with E-state index in [1.165, 1.54) is 12.1 Å². The van der Waals surface area contributed by atoms with Crippen molar-refractivity contribution in [3.05, 3.63) is 80.4 Å². The van der Waals surface area contributed by atoms with Crippen LogP contribution in [-0.2, 0) is 6.42 Å². The summed E-state index contributed by atoms with van der Waals surface area (Å²) in [6, 6.07) is 11.3. The molecule has 0 aliphatic rings. The Morgan fingerprint density at radius 1 is 1.07 bits per heavy atom. The van der Waals surface area contributed by atoms with Gasteiger partial charge in [-0.2, -0.15) is 0 Å². The van der Waals surface area contributed by atoms with Gasteiger partial charge < -0.3 is 10.3 Å². The minimum atomic E-state index is -0.414. The zero-order valence-corrected chi connectivity index (χ0v) is 15.5. The predicted octanol–water partition coefficient (Wildman–Crippen LogP) is 5.18. The van der Waals surface area contributed by atoms with Gasteiger partial charge >= 0.3 is 0 Å². The van der Waals surface area contributed by atoms with Crippen molar-refractivity contribution in [2.24, 2.45) is 0 Å². The molecule has 0 amide bonds. The average molecular weight is 402 g/mol. The van der Waals surface area contributed by atoms with Crippen molar-refractivity contribution in [1.82, 2.24) is 9.97 Å². The molecular formula is C20H14Cl2FN3O. The number of halogens is 3. The highest BCUT2D eigenvalue weighted by Gasteiger charge is 2.12. The van der Waals surface area contributed by atoms with Crippen LogP contribution in [0.25, 0.3) is 21.7 Å². The molecule has 0 fully saturated rings. The van der Waals surface area contributed by atoms with Crippen molar-refractivity contribution in [3.63, 3.8) is 0 Å². The van der Waals surface area contributed by atoms with E-state index in [-0.39, 0.29) is 5.56 Å². The van der Waals surface area contributed by atoms with Crippen LogP contribution in [0.3, 0.4) is 0 Å². The number of aromatic amines is 1. The number of anilines is 1. The highest BCUT2D eigenvalue weighted by Crippen LogP contribution is 2.28. The summed E-state index contributed by atoms with van der Waals surface area (Å²) in [4.78, 5) is 19.6. The number of hydrogen-bond donors (Lipinski definition) is 2. The normalized spacial score (nSPS) is 11.2. The van der Waals surface area contributed by atoms with Crippen molar-refractivity contribution < 1.29 is 4.39 Å². The highest BCUT2D eigenvalue weighted by molar-refractivity contribution is 6.36. The summed E-state index contributed by atoms with van der Waals surface area (Å²) in [5.41, 5.74) is 1.10. The molecule has 4 nitrogen and oxygen atoms in total. The number of rotatable bonds is 4. The van der Waals surface area contributed by atoms with Gasteiger partial charge in [-0.15, -0.1) is 0 Å². The number of fused-ring (bicyclic) bond motifs is 3. The van der Waals surface area contributed by atoms with Crippen LogP contribution in [0.5, 0.6) is 0 Å². The third-order valence-corrected chi connectivity index (χ3v) is 5.11. The molecule has 0 spiro atoms. The summed E-state index contributed by atoms with van der Waals surface area (Å²) in [5.74, 6) is 0.140. The summed E-state index contributed by atoms with van der Waals surface area (Å²) in [7, 11) is 0. The fourth-order valence-electron chi connectivity index (χ4n) is 3.14. The standard InChI is InChI=1S/C20H14Cl2FN3O/c21-15-2-1-3-16(22)12(15)6-8-24-19-13-7-9-25-20(27)18(13)14-10-11(23)4-5-17(14)26-19/h1-5,7,9-10H,6,8H2,(H,24,26)(H,25,27). The van der Waals surface area contributed by atoms with Gasteiger partial charge in [-0.3, -0.25) is 4.79 Å². The minimum Gasteiger partial charge on any atom is -0.369 e. The summed E-state index contributed by atoms with van der Waals surface area (Å²) in [5, 5.41) is 5.97. The smallest absolute Gasteiger partial charge is 0.256 e. The molecule has 4 rings (SSSR count). The molecular weight excluding hydrogens is 388 g/mol. The number of benzene rings is 2. The van der Waals surface area contributed by atoms with Crippen LogP contribution in [0, 0.1) is 5.82 Å². The lowest BCUT2D eigenvalue weighted by Crippen LogP contribution is -2.11. The van der Waals surface area contributed by atoms with E-state index in [0.29, 0.717) is 50.5 Å². The molecule has 27 heavy (non-hydrogen) atoms. The van der Waals surface area contributed by atoms with Crippen LogP contribution in [0.4, 0.5) is 10.2 Å². The molecule has 0 saturated heterocycles. The van der Waals surface area contributed by atoms with Gasteiger partial charge in [-0.25, -0.2) is 9.37 Å². The van der Waals surface area contributed by atoms with E-state index in [2.05, 4.69) is 15.3 Å². The van der Waals surface area contributed by atoms with Crippen molar-refractivity contribution in [1.29, 1.82) is 0 Å². The van der Waals surface area contributed by atoms with Crippen LogP contribution in [0.2, 0.25) is 10.0 Å². The molecule has 2 aromatic heterocycles. The van der Waals surface area contributed by atoms with Crippen molar-refractivity contribution in [2.75, 3.05) is 11.9 Å². The van der Waals surface area contributed by atoms with E-state index in [1.807, 2.05) is 0 Å². The molecule has 2 N–H and O–H groups in total. The number of nitrogens with zero attached hydrogens (tertiary/aromatic N) is 1. The molecule has 0 aliphatic carbocycles. The summed E-state index contributed by atoms with van der Waals surface area (Å²) in [6.45, 7) is 0.519. The predicted molar refractivity (Wildman–Crippen MR) is 108 cm³/mol. The molecule has 0 saturated carbocycles. The summed E-state index contributed by atoms with van der Waals surface area (Å²) in [6.07, 6.45) is 2.14. The largest absolute Gasteiger partial charge is 0.369 e. The van der Waals surface area contributed by atoms with Crippen molar-refractivity contribution >= 4 is 50.7 Å². The fourth-order valence-corrected chi connectivity index (χ4v) is 3.73. The van der Waals surface area contributed by atoms with E-state index in [4.69, 9.17) is 23.2 Å². The molecule has 0 bridgehead atoms. The van der Waals surface area contributed by atoms with Crippen LogP contribution >= 0.6 is 23.2 Å². The number of H-pyrrole nitrogens is 1. The van der Waals surface area contributed by atoms with Crippen molar-refractivity contribution in [2.45, 2.75) is 6.42 Å². The van der Waals surface area contributed by atoms with Gasteiger partial charge in [0.15, 0.2) is 0 Å². The molecule has 136 valence electrons. The maximum Gasteiger partial charge on any atom is 0.256 e. The van der Waals surface area contributed by atoms with E-state index in [9.17, 15) is 9.18 Å². The first kappa shape index (κ1) is 17.8. The van der Waals surface area contributed by atoms with E-state index in [0.717, 1.165) is 5.56 Å². The number of nitrogens with one attached hydrogen (secondary N) is 2. The van der Waals surface area contributed by atoms with Gasteiger partial charge in [-0.1, -0.05) is 29.3 Å². The Labute approximate surface area is 164 Å². The lowest BCUT2D eigenvalue weighted by atomic mass is 10.1. The molecule has 0 radical (unpaired) electrons. The van der Waals surface area contributed by atoms with E-state index < -0.39 is 5.82 Å². The second kappa shape index (κ2) is 7.18. The Morgan fingerprint density at radius 2 is 1.85 bits per heavy atom. The van der Waals surface area contributed by atoms with Crippen LogP contribution in [-0.4, -0.2) is 16.5 Å².